The van der Waals surface area contributed by atoms with E-state index >= 15 is 0 Å². The number of carbonyl (C=O) groups is 3. The van der Waals surface area contributed by atoms with Crippen molar-refractivity contribution in [3.05, 3.63) is 59.8 Å². The Kier molecular flexibility index (Phi) is 7.13. The Labute approximate surface area is 188 Å². The van der Waals surface area contributed by atoms with E-state index in [2.05, 4.69) is 15.3 Å². The smallest absolute Gasteiger partial charge is 0.345 e. The highest BCUT2D eigenvalue weighted by molar-refractivity contribution is 6.05. The van der Waals surface area contributed by atoms with Crippen molar-refractivity contribution in [2.24, 2.45) is 16.5 Å². The van der Waals surface area contributed by atoms with E-state index in [1.807, 2.05) is 0 Å². The summed E-state index contributed by atoms with van der Waals surface area (Å²) in [6, 6.07) is 9.15. The summed E-state index contributed by atoms with van der Waals surface area (Å²) in [7, 11) is 0. The van der Waals surface area contributed by atoms with Gasteiger partial charge < -0.3 is 36.7 Å². The van der Waals surface area contributed by atoms with Crippen LogP contribution in [0.2, 0.25) is 0 Å². The maximum Gasteiger partial charge on any atom is 0.345 e. The summed E-state index contributed by atoms with van der Waals surface area (Å²) in [5.41, 5.74) is 11.5. The second kappa shape index (κ2) is 10.2. The van der Waals surface area contributed by atoms with Gasteiger partial charge in [-0.2, -0.15) is 0 Å². The number of ether oxygens (including phenoxy) is 1. The minimum Gasteiger partial charge on any atom is -0.508 e. The molecule has 0 saturated carbocycles. The quantitative estimate of drug-likeness (QED) is 0.0918. The number of fused-ring (bicyclic) bond motifs is 1. The Morgan fingerprint density at radius 2 is 1.85 bits per heavy atom. The molecule has 0 spiro atoms. The number of aromatic amines is 1. The van der Waals surface area contributed by atoms with Gasteiger partial charge in [-0.05, 0) is 49.2 Å². The van der Waals surface area contributed by atoms with Gasteiger partial charge in [0.05, 0.1) is 5.56 Å². The van der Waals surface area contributed by atoms with Gasteiger partial charge in [-0.25, -0.2) is 9.59 Å². The summed E-state index contributed by atoms with van der Waals surface area (Å²) >= 11 is 0. The highest BCUT2D eigenvalue weighted by atomic mass is 16.5. The van der Waals surface area contributed by atoms with Gasteiger partial charge in [0, 0.05) is 35.3 Å². The molecule has 0 radical (unpaired) electrons. The van der Waals surface area contributed by atoms with Crippen LogP contribution in [0.1, 0.15) is 33.6 Å². The molecule has 0 aliphatic heterocycles. The molecule has 2 aromatic carbocycles. The maximum atomic E-state index is 12.5. The average Bonchev–Trinajstić information content (AvgIpc) is 3.19. The van der Waals surface area contributed by atoms with Crippen LogP contribution in [-0.4, -0.2) is 51.6 Å². The third kappa shape index (κ3) is 6.00. The van der Waals surface area contributed by atoms with Crippen molar-refractivity contribution in [1.29, 1.82) is 0 Å². The van der Waals surface area contributed by atoms with E-state index in [1.54, 1.807) is 6.07 Å². The standard InChI is InChI=1S/C22H23N5O6/c23-22(24)25-9-1-2-17(20(30)31)27-19(29)12-3-6-14(7-4-12)33-21(32)16-11-26-18-10-13(28)5-8-15(16)18/h3-8,10-11,17,26,28H,1-2,9H2,(H,27,29)(H,30,31)(H4,23,24,25). The number of esters is 1. The first kappa shape index (κ1) is 23.1. The molecular formula is C22H23N5O6. The van der Waals surface area contributed by atoms with Crippen LogP contribution in [0.3, 0.4) is 0 Å². The lowest BCUT2D eigenvalue weighted by Crippen LogP contribution is -2.40. The number of nitrogens with zero attached hydrogens (tertiary/aromatic N) is 1. The highest BCUT2D eigenvalue weighted by Gasteiger charge is 2.20. The molecule has 1 unspecified atom stereocenters. The molecule has 0 saturated heterocycles. The molecule has 1 heterocycles. The predicted molar refractivity (Wildman–Crippen MR) is 120 cm³/mol. The molecule has 3 aromatic rings. The van der Waals surface area contributed by atoms with Crippen molar-refractivity contribution in [3.63, 3.8) is 0 Å². The normalized spacial score (nSPS) is 11.5. The van der Waals surface area contributed by atoms with E-state index in [0.717, 1.165) is 0 Å². The Morgan fingerprint density at radius 1 is 1.12 bits per heavy atom. The molecule has 0 bridgehead atoms. The molecule has 0 aliphatic carbocycles. The van der Waals surface area contributed by atoms with Crippen molar-refractivity contribution in [2.45, 2.75) is 18.9 Å². The number of carboxylic acids is 1. The van der Waals surface area contributed by atoms with Crippen LogP contribution in [-0.2, 0) is 4.79 Å². The number of carboxylic acid groups (broad SMARTS) is 1. The Balaban J connectivity index is 1.61. The number of guanidine groups is 1. The zero-order valence-electron chi connectivity index (χ0n) is 17.4. The third-order valence-corrected chi connectivity index (χ3v) is 4.76. The lowest BCUT2D eigenvalue weighted by atomic mass is 10.1. The Hall–Kier alpha value is -4.54. The van der Waals surface area contributed by atoms with Gasteiger partial charge in [0.15, 0.2) is 5.96 Å². The zero-order chi connectivity index (χ0) is 24.0. The fourth-order valence-corrected chi connectivity index (χ4v) is 3.12. The lowest BCUT2D eigenvalue weighted by molar-refractivity contribution is -0.139. The van der Waals surface area contributed by atoms with Gasteiger partial charge in [0.25, 0.3) is 5.91 Å². The number of phenols is 1. The largest absolute Gasteiger partial charge is 0.508 e. The van der Waals surface area contributed by atoms with E-state index < -0.39 is 23.9 Å². The molecule has 3 rings (SSSR count). The number of H-pyrrole nitrogens is 1. The number of rotatable bonds is 9. The molecule has 11 heteroatoms. The van der Waals surface area contributed by atoms with Gasteiger partial charge in [-0.15, -0.1) is 0 Å². The summed E-state index contributed by atoms with van der Waals surface area (Å²) in [6.07, 6.45) is 2.00. The molecule has 33 heavy (non-hydrogen) atoms. The van der Waals surface area contributed by atoms with Gasteiger partial charge in [0.2, 0.25) is 0 Å². The van der Waals surface area contributed by atoms with Crippen LogP contribution in [0.15, 0.2) is 53.7 Å². The molecule has 0 fully saturated rings. The number of phenolic OH excluding ortho intramolecular Hbond substituents is 1. The second-order valence-corrected chi connectivity index (χ2v) is 7.16. The Morgan fingerprint density at radius 3 is 2.52 bits per heavy atom. The van der Waals surface area contributed by atoms with E-state index in [9.17, 15) is 24.6 Å². The summed E-state index contributed by atoms with van der Waals surface area (Å²) in [5, 5.41) is 21.9. The van der Waals surface area contributed by atoms with Crippen LogP contribution in [0.25, 0.3) is 10.9 Å². The van der Waals surface area contributed by atoms with Crippen LogP contribution in [0.5, 0.6) is 11.5 Å². The van der Waals surface area contributed by atoms with Gasteiger partial charge >= 0.3 is 11.9 Å². The first-order valence-electron chi connectivity index (χ1n) is 9.96. The van der Waals surface area contributed by atoms with Crippen molar-refractivity contribution in [1.82, 2.24) is 10.3 Å². The minimum atomic E-state index is -1.18. The molecule has 8 N–H and O–H groups in total. The lowest BCUT2D eigenvalue weighted by Gasteiger charge is -2.14. The topological polar surface area (TPSA) is 193 Å². The number of aliphatic carboxylic acids is 1. The van der Waals surface area contributed by atoms with E-state index in [1.165, 1.54) is 42.6 Å². The maximum absolute atomic E-state index is 12.5. The van der Waals surface area contributed by atoms with E-state index in [0.29, 0.717) is 17.3 Å². The number of hydrogen-bond donors (Lipinski definition) is 6. The fourth-order valence-electron chi connectivity index (χ4n) is 3.12. The van der Waals surface area contributed by atoms with Crippen molar-refractivity contribution in [2.75, 3.05) is 6.54 Å². The molecule has 1 amide bonds. The average molecular weight is 453 g/mol. The minimum absolute atomic E-state index is 0.0667. The SMILES string of the molecule is NC(N)=NCCCC(NC(=O)c1ccc(OC(=O)c2c[nH]c3cc(O)ccc23)cc1)C(=O)O. The molecular weight excluding hydrogens is 430 g/mol. The summed E-state index contributed by atoms with van der Waals surface area (Å²) in [6.45, 7) is 0.250. The number of nitrogens with two attached hydrogens (primary N) is 2. The number of aliphatic imine (C=N–C) groups is 1. The first-order chi connectivity index (χ1) is 15.7. The summed E-state index contributed by atoms with van der Waals surface area (Å²) < 4.78 is 5.36. The van der Waals surface area contributed by atoms with Crippen molar-refractivity contribution >= 4 is 34.7 Å². The molecule has 0 aliphatic rings. The number of aromatic nitrogens is 1. The monoisotopic (exact) mass is 453 g/mol. The molecule has 1 aromatic heterocycles. The van der Waals surface area contributed by atoms with E-state index in [-0.39, 0.29) is 41.6 Å². The fraction of sp³-hybridized carbons (Fsp3) is 0.182. The number of carbonyl (C=O) groups excluding carboxylic acids is 2. The van der Waals surface area contributed by atoms with Gasteiger partial charge in [0.1, 0.15) is 17.5 Å². The predicted octanol–water partition coefficient (Wildman–Crippen LogP) is 1.33. The molecule has 11 nitrogen and oxygen atoms in total. The highest BCUT2D eigenvalue weighted by Crippen LogP contribution is 2.24. The number of aromatic hydroxyl groups is 1. The number of amides is 1. The van der Waals surface area contributed by atoms with Gasteiger partial charge in [-0.1, -0.05) is 0 Å². The zero-order valence-corrected chi connectivity index (χ0v) is 17.4. The first-order valence-corrected chi connectivity index (χ1v) is 9.96. The van der Waals surface area contributed by atoms with E-state index in [4.69, 9.17) is 16.2 Å². The van der Waals surface area contributed by atoms with Crippen molar-refractivity contribution in [3.8, 4) is 11.5 Å². The van der Waals surface area contributed by atoms with Crippen LogP contribution in [0.4, 0.5) is 0 Å². The second-order valence-electron chi connectivity index (χ2n) is 7.16. The van der Waals surface area contributed by atoms with Crippen LogP contribution >= 0.6 is 0 Å². The van der Waals surface area contributed by atoms with Crippen molar-refractivity contribution < 1.29 is 29.3 Å². The number of benzene rings is 2. The van der Waals surface area contributed by atoms with Crippen LogP contribution in [0, 0.1) is 0 Å². The molecule has 1 atom stereocenters. The van der Waals surface area contributed by atoms with Gasteiger partial charge in [-0.3, -0.25) is 9.79 Å². The molecule has 172 valence electrons. The summed E-state index contributed by atoms with van der Waals surface area (Å²) in [4.78, 5) is 43.0. The Bertz CT molecular complexity index is 1200. The number of hydrogen-bond acceptors (Lipinski definition) is 6. The number of nitrogens with one attached hydrogen (secondary N) is 2. The van der Waals surface area contributed by atoms with Crippen LogP contribution < -0.4 is 21.5 Å². The summed E-state index contributed by atoms with van der Waals surface area (Å²) in [5.74, 6) is -2.19. The third-order valence-electron chi connectivity index (χ3n) is 4.76.